The van der Waals surface area contributed by atoms with Crippen LogP contribution in [-0.2, 0) is 16.1 Å². The number of piperazine rings is 1. The van der Waals surface area contributed by atoms with Crippen LogP contribution in [0.3, 0.4) is 0 Å². The number of anilines is 1. The fourth-order valence-electron chi connectivity index (χ4n) is 4.98. The molecule has 0 aromatic heterocycles. The summed E-state index contributed by atoms with van der Waals surface area (Å²) in [7, 11) is 0. The molecule has 4 aliphatic rings. The van der Waals surface area contributed by atoms with Crippen molar-refractivity contribution in [3.05, 3.63) is 29.3 Å². The molecular weight excluding hydrogens is 332 g/mol. The number of carbonyl (C=O) groups is 3. The Morgan fingerprint density at radius 1 is 1.00 bits per heavy atom. The topological polar surface area (TPSA) is 81.8 Å². The highest BCUT2D eigenvalue weighted by atomic mass is 16.2. The molecule has 2 bridgehead atoms. The first-order valence-electron chi connectivity index (χ1n) is 9.39. The summed E-state index contributed by atoms with van der Waals surface area (Å²) in [6, 6.07) is 6.30. The van der Waals surface area contributed by atoms with Crippen LogP contribution in [0, 0.1) is 0 Å². The predicted octanol–water partition coefficient (Wildman–Crippen LogP) is 0.388. The molecule has 1 aromatic carbocycles. The van der Waals surface area contributed by atoms with Crippen LogP contribution in [0.1, 0.15) is 41.6 Å². The Morgan fingerprint density at radius 3 is 2.50 bits per heavy atom. The van der Waals surface area contributed by atoms with Crippen LogP contribution in [0.4, 0.5) is 5.69 Å². The summed E-state index contributed by atoms with van der Waals surface area (Å²) in [5, 5.41) is 5.85. The average Bonchev–Trinajstić information content (AvgIpc) is 3.08. The summed E-state index contributed by atoms with van der Waals surface area (Å²) in [4.78, 5) is 40.8. The zero-order chi connectivity index (χ0) is 17.8. The van der Waals surface area contributed by atoms with Crippen molar-refractivity contribution in [1.82, 2.24) is 15.5 Å². The Kier molecular flexibility index (Phi) is 3.53. The smallest absolute Gasteiger partial charge is 0.255 e. The van der Waals surface area contributed by atoms with Crippen LogP contribution in [0.2, 0.25) is 0 Å². The number of piperidine rings is 1. The van der Waals surface area contributed by atoms with Crippen molar-refractivity contribution in [3.63, 3.8) is 0 Å². The maximum Gasteiger partial charge on any atom is 0.255 e. The fraction of sp³-hybridized carbons (Fsp3) is 0.526. The molecule has 2 N–H and O–H groups in total. The van der Waals surface area contributed by atoms with Gasteiger partial charge in [0.25, 0.3) is 5.91 Å². The average molecular weight is 354 g/mol. The van der Waals surface area contributed by atoms with E-state index in [9.17, 15) is 14.4 Å². The predicted molar refractivity (Wildman–Crippen MR) is 94.6 cm³/mol. The monoisotopic (exact) mass is 354 g/mol. The highest BCUT2D eigenvalue weighted by molar-refractivity contribution is 6.06. The zero-order valence-electron chi connectivity index (χ0n) is 14.5. The Bertz CT molecular complexity index is 792. The van der Waals surface area contributed by atoms with Crippen LogP contribution in [0.5, 0.6) is 0 Å². The van der Waals surface area contributed by atoms with Gasteiger partial charge >= 0.3 is 0 Å². The molecule has 3 saturated heterocycles. The van der Waals surface area contributed by atoms with Crippen LogP contribution < -0.4 is 15.5 Å². The molecule has 136 valence electrons. The molecule has 0 radical (unpaired) electrons. The number of benzene rings is 1. The first-order chi connectivity index (χ1) is 12.6. The van der Waals surface area contributed by atoms with Crippen LogP contribution >= 0.6 is 0 Å². The van der Waals surface area contributed by atoms with E-state index in [1.165, 1.54) is 12.8 Å². The normalized spacial score (nSPS) is 30.6. The minimum absolute atomic E-state index is 0.0983. The SMILES string of the molecule is O=C1CCC(N2Cc3c(cccc3N3C4CCC3CNC4)C2=O)C(=O)N1. The highest BCUT2D eigenvalue weighted by Crippen LogP contribution is 2.39. The summed E-state index contributed by atoms with van der Waals surface area (Å²) in [5.74, 6) is -0.710. The van der Waals surface area contributed by atoms with Gasteiger partial charge in [-0.3, -0.25) is 19.7 Å². The van der Waals surface area contributed by atoms with Crippen molar-refractivity contribution >= 4 is 23.4 Å². The molecule has 3 unspecified atom stereocenters. The molecule has 0 spiro atoms. The first kappa shape index (κ1) is 15.8. The molecular formula is C19H22N4O3. The molecule has 0 saturated carbocycles. The lowest BCUT2D eigenvalue weighted by molar-refractivity contribution is -0.136. The maximum atomic E-state index is 13.0. The molecule has 4 aliphatic heterocycles. The number of hydrogen-bond acceptors (Lipinski definition) is 5. The van der Waals surface area contributed by atoms with Crippen LogP contribution in [0.15, 0.2) is 18.2 Å². The number of rotatable bonds is 2. The van der Waals surface area contributed by atoms with Gasteiger partial charge in [-0.2, -0.15) is 0 Å². The van der Waals surface area contributed by atoms with E-state index in [1.807, 2.05) is 12.1 Å². The van der Waals surface area contributed by atoms with Crippen molar-refractivity contribution in [3.8, 4) is 0 Å². The van der Waals surface area contributed by atoms with Gasteiger partial charge < -0.3 is 15.1 Å². The number of nitrogens with one attached hydrogen (secondary N) is 2. The number of imide groups is 1. The quantitative estimate of drug-likeness (QED) is 0.751. The van der Waals surface area contributed by atoms with E-state index < -0.39 is 6.04 Å². The molecule has 0 aliphatic carbocycles. The van der Waals surface area contributed by atoms with Gasteiger partial charge in [-0.25, -0.2) is 0 Å². The maximum absolute atomic E-state index is 13.0. The number of nitrogens with zero attached hydrogens (tertiary/aromatic N) is 2. The molecule has 5 rings (SSSR count). The Hall–Kier alpha value is -2.41. The van der Waals surface area contributed by atoms with Gasteiger partial charge in [-0.15, -0.1) is 0 Å². The number of amides is 3. The van der Waals surface area contributed by atoms with Gasteiger partial charge in [0, 0.05) is 55.0 Å². The number of hydrogen-bond donors (Lipinski definition) is 2. The molecule has 7 nitrogen and oxygen atoms in total. The Labute approximate surface area is 151 Å². The number of carbonyl (C=O) groups excluding carboxylic acids is 3. The Balaban J connectivity index is 1.48. The van der Waals surface area contributed by atoms with E-state index in [-0.39, 0.29) is 24.1 Å². The molecule has 1 aromatic rings. The highest BCUT2D eigenvalue weighted by Gasteiger charge is 2.43. The lowest BCUT2D eigenvalue weighted by Crippen LogP contribution is -2.53. The van der Waals surface area contributed by atoms with E-state index in [4.69, 9.17) is 0 Å². The second kappa shape index (κ2) is 5.81. The molecule has 3 fully saturated rings. The summed E-state index contributed by atoms with van der Waals surface area (Å²) in [6.45, 7) is 2.40. The van der Waals surface area contributed by atoms with E-state index in [2.05, 4.69) is 21.6 Å². The summed E-state index contributed by atoms with van der Waals surface area (Å²) >= 11 is 0. The van der Waals surface area contributed by atoms with E-state index in [0.717, 1.165) is 24.3 Å². The van der Waals surface area contributed by atoms with E-state index >= 15 is 0 Å². The second-order valence-electron chi connectivity index (χ2n) is 7.65. The van der Waals surface area contributed by atoms with Gasteiger partial charge in [0.1, 0.15) is 6.04 Å². The number of fused-ring (bicyclic) bond motifs is 3. The third-order valence-corrected chi connectivity index (χ3v) is 6.22. The van der Waals surface area contributed by atoms with Gasteiger partial charge in [0.05, 0.1) is 0 Å². The van der Waals surface area contributed by atoms with Gasteiger partial charge in [0.15, 0.2) is 0 Å². The van der Waals surface area contributed by atoms with E-state index in [1.54, 1.807) is 4.90 Å². The summed E-state index contributed by atoms with van der Waals surface area (Å²) < 4.78 is 0. The third kappa shape index (κ3) is 2.26. The third-order valence-electron chi connectivity index (χ3n) is 6.22. The molecule has 7 heteroatoms. The zero-order valence-corrected chi connectivity index (χ0v) is 14.5. The minimum atomic E-state index is -0.555. The van der Waals surface area contributed by atoms with Crippen molar-refractivity contribution in [2.45, 2.75) is 50.4 Å². The molecule has 26 heavy (non-hydrogen) atoms. The summed E-state index contributed by atoms with van der Waals surface area (Å²) in [6.07, 6.45) is 3.03. The van der Waals surface area contributed by atoms with Crippen molar-refractivity contribution in [1.29, 1.82) is 0 Å². The van der Waals surface area contributed by atoms with Crippen LogP contribution in [0.25, 0.3) is 0 Å². The Morgan fingerprint density at radius 2 is 1.77 bits per heavy atom. The van der Waals surface area contributed by atoms with Gasteiger partial charge in [-0.05, 0) is 31.4 Å². The van der Waals surface area contributed by atoms with Crippen molar-refractivity contribution < 1.29 is 14.4 Å². The lowest BCUT2D eigenvalue weighted by Gasteiger charge is -2.38. The van der Waals surface area contributed by atoms with Crippen LogP contribution in [-0.4, -0.2) is 53.8 Å². The van der Waals surface area contributed by atoms with Crippen molar-refractivity contribution in [2.75, 3.05) is 18.0 Å². The van der Waals surface area contributed by atoms with Crippen molar-refractivity contribution in [2.24, 2.45) is 0 Å². The molecule has 4 heterocycles. The first-order valence-corrected chi connectivity index (χ1v) is 9.39. The van der Waals surface area contributed by atoms with E-state index in [0.29, 0.717) is 30.6 Å². The summed E-state index contributed by atoms with van der Waals surface area (Å²) in [5.41, 5.74) is 2.87. The van der Waals surface area contributed by atoms with Gasteiger partial charge in [-0.1, -0.05) is 6.07 Å². The standard InChI is InChI=1S/C19H22N4O3/c24-17-7-6-16(18(25)21-17)22-10-14-13(19(22)26)2-1-3-15(14)23-11-4-5-12(23)9-20-8-11/h1-3,11-12,16,20H,4-10H2,(H,21,24,25). The lowest BCUT2D eigenvalue weighted by atomic mass is 10.0. The molecule has 3 atom stereocenters. The largest absolute Gasteiger partial charge is 0.363 e. The minimum Gasteiger partial charge on any atom is -0.363 e. The molecule has 3 amide bonds. The van der Waals surface area contributed by atoms with Gasteiger partial charge in [0.2, 0.25) is 11.8 Å². The fourth-order valence-corrected chi connectivity index (χ4v) is 4.98. The second-order valence-corrected chi connectivity index (χ2v) is 7.65.